The molecule has 0 aromatic rings. The van der Waals surface area contributed by atoms with Gasteiger partial charge in [-0.25, -0.2) is 0 Å². The van der Waals surface area contributed by atoms with Gasteiger partial charge in [0.2, 0.25) is 0 Å². The summed E-state index contributed by atoms with van der Waals surface area (Å²) in [4.78, 5) is 0. The lowest BCUT2D eigenvalue weighted by Crippen LogP contribution is -2.20. The summed E-state index contributed by atoms with van der Waals surface area (Å²) in [5.41, 5.74) is 1.47. The van der Waals surface area contributed by atoms with Gasteiger partial charge in [-0.05, 0) is 31.1 Å². The third-order valence-electron chi connectivity index (χ3n) is 2.21. The molecule has 1 saturated carbocycles. The Kier molecular flexibility index (Phi) is 1.60. The van der Waals surface area contributed by atoms with Crippen molar-refractivity contribution in [1.29, 1.82) is 5.41 Å². The van der Waals surface area contributed by atoms with E-state index in [1.165, 1.54) is 12.8 Å². The first-order valence-corrected chi connectivity index (χ1v) is 3.66. The van der Waals surface area contributed by atoms with Gasteiger partial charge in [-0.15, -0.1) is 0 Å². The molecule has 0 unspecified atom stereocenters. The van der Waals surface area contributed by atoms with Crippen LogP contribution < -0.4 is 0 Å². The van der Waals surface area contributed by atoms with E-state index in [-0.39, 0.29) is 0 Å². The minimum Gasteiger partial charge on any atom is -0.310 e. The van der Waals surface area contributed by atoms with Crippen LogP contribution in [0.1, 0.15) is 39.5 Å². The van der Waals surface area contributed by atoms with Crippen LogP contribution in [-0.2, 0) is 0 Å². The second-order valence-corrected chi connectivity index (χ2v) is 3.77. The molecular formula is C8H15N. The molecule has 0 atom stereocenters. The van der Waals surface area contributed by atoms with Crippen LogP contribution in [0.25, 0.3) is 0 Å². The molecule has 0 aromatic heterocycles. The van der Waals surface area contributed by atoms with Crippen molar-refractivity contribution < 1.29 is 0 Å². The molecule has 0 radical (unpaired) electrons. The zero-order valence-electron chi connectivity index (χ0n) is 6.33. The van der Waals surface area contributed by atoms with Crippen molar-refractivity contribution in [2.24, 2.45) is 5.41 Å². The molecule has 1 aliphatic carbocycles. The maximum Gasteiger partial charge on any atom is 0.00895 e. The van der Waals surface area contributed by atoms with E-state index < -0.39 is 0 Å². The van der Waals surface area contributed by atoms with Crippen LogP contribution in [0.4, 0.5) is 0 Å². The van der Waals surface area contributed by atoms with Gasteiger partial charge in [-0.1, -0.05) is 13.8 Å². The van der Waals surface area contributed by atoms with Crippen LogP contribution in [0, 0.1) is 10.8 Å². The topological polar surface area (TPSA) is 23.9 Å². The molecule has 1 heteroatoms. The van der Waals surface area contributed by atoms with E-state index >= 15 is 0 Å². The fourth-order valence-electron chi connectivity index (χ4n) is 1.23. The normalized spacial score (nSPS) is 26.2. The van der Waals surface area contributed by atoms with Crippen LogP contribution in [0.5, 0.6) is 0 Å². The minimum atomic E-state index is 0.518. The Labute approximate surface area is 57.0 Å². The molecule has 1 aliphatic rings. The van der Waals surface area contributed by atoms with Gasteiger partial charge in [-0.3, -0.25) is 0 Å². The zero-order valence-corrected chi connectivity index (χ0v) is 6.33. The lowest BCUT2D eigenvalue weighted by atomic mass is 9.77. The minimum absolute atomic E-state index is 0.518. The van der Waals surface area contributed by atoms with Crippen LogP contribution in [0.15, 0.2) is 0 Å². The first-order valence-electron chi connectivity index (χ1n) is 3.66. The summed E-state index contributed by atoms with van der Waals surface area (Å²) in [5.74, 6) is 0. The Morgan fingerprint density at radius 3 is 2.00 bits per heavy atom. The second kappa shape index (κ2) is 2.13. The highest BCUT2D eigenvalue weighted by Crippen LogP contribution is 2.32. The van der Waals surface area contributed by atoms with Crippen molar-refractivity contribution in [3.63, 3.8) is 0 Å². The quantitative estimate of drug-likeness (QED) is 0.514. The van der Waals surface area contributed by atoms with Crippen molar-refractivity contribution >= 4 is 5.71 Å². The van der Waals surface area contributed by atoms with E-state index in [1.54, 1.807) is 0 Å². The molecule has 0 saturated heterocycles. The molecule has 52 valence electrons. The molecule has 0 aliphatic heterocycles. The van der Waals surface area contributed by atoms with Gasteiger partial charge in [0.15, 0.2) is 0 Å². The third kappa shape index (κ3) is 1.81. The highest BCUT2D eigenvalue weighted by Gasteiger charge is 2.22. The predicted octanol–water partition coefficient (Wildman–Crippen LogP) is 2.61. The fourth-order valence-corrected chi connectivity index (χ4v) is 1.23. The van der Waals surface area contributed by atoms with Gasteiger partial charge >= 0.3 is 0 Å². The smallest absolute Gasteiger partial charge is 0.00895 e. The van der Waals surface area contributed by atoms with Crippen molar-refractivity contribution in [3.05, 3.63) is 0 Å². The molecule has 9 heavy (non-hydrogen) atoms. The standard InChI is InChI=1S/C8H15N/c1-8(2)5-3-7(9)4-6-8/h9H,3-6H2,1-2H3. The lowest BCUT2D eigenvalue weighted by molar-refractivity contribution is 0.301. The number of hydrogen-bond donors (Lipinski definition) is 1. The van der Waals surface area contributed by atoms with Gasteiger partial charge in [0.25, 0.3) is 0 Å². The summed E-state index contributed by atoms with van der Waals surface area (Å²) in [7, 11) is 0. The average molecular weight is 125 g/mol. The average Bonchev–Trinajstić information content (AvgIpc) is 1.78. The maximum absolute atomic E-state index is 7.37. The highest BCUT2D eigenvalue weighted by molar-refractivity contribution is 5.82. The molecule has 0 spiro atoms. The Hall–Kier alpha value is -0.330. The van der Waals surface area contributed by atoms with Crippen molar-refractivity contribution in [2.45, 2.75) is 39.5 Å². The molecule has 0 bridgehead atoms. The molecule has 0 heterocycles. The van der Waals surface area contributed by atoms with E-state index in [0.29, 0.717) is 5.41 Å². The number of rotatable bonds is 0. The fraction of sp³-hybridized carbons (Fsp3) is 0.875. The summed E-state index contributed by atoms with van der Waals surface area (Å²) < 4.78 is 0. The summed E-state index contributed by atoms with van der Waals surface area (Å²) in [5, 5.41) is 7.37. The lowest BCUT2D eigenvalue weighted by Gasteiger charge is -2.29. The summed E-state index contributed by atoms with van der Waals surface area (Å²) in [6, 6.07) is 0. The van der Waals surface area contributed by atoms with E-state index in [2.05, 4.69) is 13.8 Å². The van der Waals surface area contributed by atoms with Gasteiger partial charge in [-0.2, -0.15) is 0 Å². The Bertz CT molecular complexity index is 113. The van der Waals surface area contributed by atoms with E-state index in [4.69, 9.17) is 5.41 Å². The SMILES string of the molecule is CC1(C)CCC(=N)CC1. The van der Waals surface area contributed by atoms with Crippen molar-refractivity contribution in [3.8, 4) is 0 Å². The van der Waals surface area contributed by atoms with Gasteiger partial charge < -0.3 is 5.41 Å². The maximum atomic E-state index is 7.37. The highest BCUT2D eigenvalue weighted by atomic mass is 14.4. The van der Waals surface area contributed by atoms with Gasteiger partial charge in [0.05, 0.1) is 0 Å². The van der Waals surface area contributed by atoms with Crippen LogP contribution in [0.2, 0.25) is 0 Å². The summed E-state index contributed by atoms with van der Waals surface area (Å²) >= 11 is 0. The number of nitrogens with one attached hydrogen (secondary N) is 1. The van der Waals surface area contributed by atoms with Gasteiger partial charge in [0, 0.05) is 5.71 Å². The first kappa shape index (κ1) is 6.79. The van der Waals surface area contributed by atoms with E-state index in [0.717, 1.165) is 18.6 Å². The van der Waals surface area contributed by atoms with Crippen LogP contribution in [0.3, 0.4) is 0 Å². The molecule has 0 aromatic carbocycles. The van der Waals surface area contributed by atoms with E-state index in [9.17, 15) is 0 Å². The molecular weight excluding hydrogens is 110 g/mol. The van der Waals surface area contributed by atoms with Crippen LogP contribution >= 0.6 is 0 Å². The largest absolute Gasteiger partial charge is 0.310 e. The van der Waals surface area contributed by atoms with Crippen molar-refractivity contribution in [2.75, 3.05) is 0 Å². The summed E-state index contributed by atoms with van der Waals surface area (Å²) in [6.45, 7) is 4.58. The molecule has 1 fully saturated rings. The van der Waals surface area contributed by atoms with Gasteiger partial charge in [0.1, 0.15) is 0 Å². The molecule has 0 amide bonds. The molecule has 1 nitrogen and oxygen atoms in total. The monoisotopic (exact) mass is 125 g/mol. The van der Waals surface area contributed by atoms with Crippen molar-refractivity contribution in [1.82, 2.24) is 0 Å². The summed E-state index contributed by atoms with van der Waals surface area (Å²) in [6.07, 6.45) is 4.50. The Morgan fingerprint density at radius 1 is 1.22 bits per heavy atom. The first-order chi connectivity index (χ1) is 4.10. The number of hydrogen-bond acceptors (Lipinski definition) is 1. The second-order valence-electron chi connectivity index (χ2n) is 3.77. The third-order valence-corrected chi connectivity index (χ3v) is 2.21. The Morgan fingerprint density at radius 2 is 1.67 bits per heavy atom. The molecule has 1 rings (SSSR count). The van der Waals surface area contributed by atoms with E-state index in [1.807, 2.05) is 0 Å². The van der Waals surface area contributed by atoms with Crippen LogP contribution in [-0.4, -0.2) is 5.71 Å². The molecule has 1 N–H and O–H groups in total. The Balaban J connectivity index is 2.44. The predicted molar refractivity (Wildman–Crippen MR) is 40.0 cm³/mol. The zero-order chi connectivity index (χ0) is 6.91.